The Labute approximate surface area is 801 Å². The predicted molar refractivity (Wildman–Crippen MR) is 554 cm³/mol. The first-order chi connectivity index (χ1) is 67.9. The van der Waals surface area contributed by atoms with Crippen molar-refractivity contribution in [1.82, 2.24) is 0 Å². The zero-order chi connectivity index (χ0) is 94.7. The van der Waals surface area contributed by atoms with E-state index in [0.717, 1.165) is 17.1 Å². The third kappa shape index (κ3) is 21.3. The van der Waals surface area contributed by atoms with Crippen LogP contribution in [0.1, 0.15) is 82.9 Å². The Hall–Kier alpha value is -19.1. The number of carbonyl (C=O) groups is 8. The molecule has 0 saturated heterocycles. The Kier molecular flexibility index (Phi) is 29.1. The molecule has 0 aliphatic rings. The Morgan fingerprint density at radius 1 is 0.101 bits per heavy atom. The molecule has 138 heavy (non-hydrogen) atoms. The van der Waals surface area contributed by atoms with Crippen LogP contribution in [0.25, 0.3) is 0 Å². The summed E-state index contributed by atoms with van der Waals surface area (Å²) in [5, 5.41) is 0. The molecular weight excluding hydrogens is 1710 g/mol. The summed E-state index contributed by atoms with van der Waals surface area (Å²) in [6, 6.07) is 166. The van der Waals surface area contributed by atoms with E-state index in [1.807, 2.05) is 485 Å². The third-order valence-corrected chi connectivity index (χ3v) is 22.6. The van der Waals surface area contributed by atoms with Gasteiger partial charge < -0.3 is 0 Å². The van der Waals surface area contributed by atoms with Crippen LogP contribution in [0.3, 0.4) is 0 Å². The molecule has 8 amide bonds. The molecule has 666 valence electrons. The number of hydrogen-bond donors (Lipinski definition) is 0. The first-order valence-corrected chi connectivity index (χ1v) is 44.9. The van der Waals surface area contributed by atoms with E-state index in [-0.39, 0.29) is 51.1 Å². The average molecular weight is 1800 g/mol. The molecule has 0 radical (unpaired) electrons. The van der Waals surface area contributed by atoms with Crippen LogP contribution in [0.5, 0.6) is 0 Å². The van der Waals surface area contributed by atoms with Gasteiger partial charge >= 0.3 is 0 Å². The third-order valence-electron chi connectivity index (χ3n) is 22.6. The summed E-state index contributed by atoms with van der Waals surface area (Å²) in [6.07, 6.45) is 0. The molecule has 19 rings (SSSR count). The van der Waals surface area contributed by atoms with Gasteiger partial charge in [-0.15, -0.1) is 0 Å². The van der Waals surface area contributed by atoms with E-state index in [4.69, 9.17) is 0 Å². The Morgan fingerprint density at radius 3 is 0.420 bits per heavy atom. The van der Waals surface area contributed by atoms with Crippen molar-refractivity contribution in [3.8, 4) is 0 Å². The Morgan fingerprint density at radius 2 is 0.232 bits per heavy atom. The number of amides is 8. The van der Waals surface area contributed by atoms with E-state index in [1.165, 1.54) is 0 Å². The predicted octanol–water partition coefficient (Wildman–Crippen LogP) is 28.9. The maximum absolute atomic E-state index is 15.1. The lowest BCUT2D eigenvalue weighted by atomic mass is 9.99. The molecule has 0 heterocycles. The molecule has 0 unspecified atom stereocenters. The molecule has 19 aromatic carbocycles. The molecule has 0 saturated carbocycles. The lowest BCUT2D eigenvalue weighted by molar-refractivity contribution is 0.0965. The highest BCUT2D eigenvalue weighted by molar-refractivity contribution is 6.23. The van der Waals surface area contributed by atoms with Gasteiger partial charge in [-0.05, 0) is 255 Å². The van der Waals surface area contributed by atoms with Crippen LogP contribution in [0.15, 0.2) is 546 Å². The summed E-state index contributed by atoms with van der Waals surface area (Å²) in [5.74, 6) is -2.71. The van der Waals surface area contributed by atoms with Gasteiger partial charge in [0.1, 0.15) is 0 Å². The fourth-order valence-corrected chi connectivity index (χ4v) is 16.1. The van der Waals surface area contributed by atoms with Gasteiger partial charge in [-0.1, -0.05) is 291 Å². The van der Waals surface area contributed by atoms with Gasteiger partial charge in [-0.25, -0.2) is 0 Å². The average Bonchev–Trinajstić information content (AvgIpc) is 0.769. The first kappa shape index (κ1) is 90.9. The van der Waals surface area contributed by atoms with Gasteiger partial charge in [-0.3, -0.25) is 77.6 Å². The number of nitrogens with zero attached hydrogens (tertiary/aromatic N) is 8. The molecule has 0 aliphatic heterocycles. The maximum atomic E-state index is 15.1. The van der Waals surface area contributed by atoms with E-state index < -0.39 is 29.5 Å². The first-order valence-electron chi connectivity index (χ1n) is 44.9. The molecule has 0 bridgehead atoms. The molecule has 16 heteroatoms. The van der Waals surface area contributed by atoms with E-state index in [2.05, 4.69) is 0 Å². The summed E-state index contributed by atoms with van der Waals surface area (Å²) in [5.41, 5.74) is 12.8. The van der Waals surface area contributed by atoms with Crippen LogP contribution in [0.2, 0.25) is 0 Å². The highest BCUT2D eigenvalue weighted by atomic mass is 16.2. The minimum Gasteiger partial charge on any atom is -0.277 e. The van der Waals surface area contributed by atoms with Crippen molar-refractivity contribution < 1.29 is 38.4 Å². The maximum Gasteiger partial charge on any atom is 0.263 e. The highest BCUT2D eigenvalue weighted by Crippen LogP contribution is 2.40. The van der Waals surface area contributed by atoms with E-state index >= 15 is 4.79 Å². The van der Waals surface area contributed by atoms with Crippen molar-refractivity contribution in [2.24, 2.45) is 0 Å². The largest absolute Gasteiger partial charge is 0.277 e. The standard InChI is InChI=1S/2C45H33N3O3.C32H24N2O2/c49-43(46(37-19-7-1-8-20-37)38-21-9-2-10-22-38)34-31-35(44(50)47(39-23-11-3-12-24-39)40-25-13-4-14-26-40)33-36(32-34)45(51)48(41-27-15-5-16-28-41)42-29-17-6-18-30-42;49-43(46(35-19-7-1-8-20-35)36-21-9-2-10-22-36)34-31-32-41(44(50)47(37-23-11-3-12-24-37)38-25-13-4-14-26-38)42(33-34)45(51)48(39-27-15-5-16-28-39)40-29-17-6-18-30-40;35-31(25-13-5-1-6-14-25)34(29-19-11-4-12-20-29)30-23-21-26(22-24-30)32(36)33(27-15-7-2-8-16-27)28-17-9-3-10-18-28/h2*1-33H;1-24H. The van der Waals surface area contributed by atoms with Crippen molar-refractivity contribution in [2.75, 3.05) is 39.2 Å². The van der Waals surface area contributed by atoms with Gasteiger partial charge in [0, 0.05) is 124 Å². The molecule has 16 nitrogen and oxygen atoms in total. The molecule has 0 spiro atoms. The smallest absolute Gasteiger partial charge is 0.263 e. The lowest BCUT2D eigenvalue weighted by Gasteiger charge is -2.28. The Balaban J connectivity index is 0.000000146. The quantitative estimate of drug-likeness (QED) is 0.0577. The van der Waals surface area contributed by atoms with E-state index in [0.29, 0.717) is 85.1 Å². The van der Waals surface area contributed by atoms with Crippen LogP contribution in [0, 0.1) is 0 Å². The topological polar surface area (TPSA) is 162 Å². The van der Waals surface area contributed by atoms with E-state index in [9.17, 15) is 33.6 Å². The summed E-state index contributed by atoms with van der Waals surface area (Å²) < 4.78 is 0. The van der Waals surface area contributed by atoms with Crippen molar-refractivity contribution in [1.29, 1.82) is 0 Å². The van der Waals surface area contributed by atoms with Crippen molar-refractivity contribution in [2.45, 2.75) is 0 Å². The van der Waals surface area contributed by atoms with Crippen LogP contribution in [0.4, 0.5) is 91.0 Å². The van der Waals surface area contributed by atoms with Crippen LogP contribution in [-0.2, 0) is 0 Å². The number of anilines is 16. The van der Waals surface area contributed by atoms with Crippen molar-refractivity contribution in [3.05, 3.63) is 590 Å². The molecule has 19 aromatic rings. The fraction of sp³-hybridized carbons (Fsp3) is 0. The van der Waals surface area contributed by atoms with Crippen molar-refractivity contribution in [3.63, 3.8) is 0 Å². The minimum absolute atomic E-state index is 0.0801. The van der Waals surface area contributed by atoms with Gasteiger partial charge in [0.05, 0.1) is 11.1 Å². The molecule has 0 atom stereocenters. The summed E-state index contributed by atoms with van der Waals surface area (Å²) in [4.78, 5) is 129. The lowest BCUT2D eigenvalue weighted by Crippen LogP contribution is -2.32. The number of para-hydroxylation sites is 15. The van der Waals surface area contributed by atoms with Crippen LogP contribution >= 0.6 is 0 Å². The van der Waals surface area contributed by atoms with Crippen molar-refractivity contribution >= 4 is 138 Å². The second-order valence-electron chi connectivity index (χ2n) is 31.6. The van der Waals surface area contributed by atoms with Gasteiger partial charge in [0.25, 0.3) is 47.3 Å². The minimum atomic E-state index is -0.461. The SMILES string of the molecule is O=C(c1cc(C(=O)N(c2ccccc2)c2ccccc2)cc(C(=O)N(c2ccccc2)c2ccccc2)c1)N(c1ccccc1)c1ccccc1.O=C(c1ccc(C(=O)N(c2ccccc2)c2ccccc2)c(C(=O)N(c2ccccc2)c2ccccc2)c1)N(c1ccccc1)c1ccccc1.O=C(c1ccc(N(C(=O)c2ccccc2)c2ccccc2)cc1)N(c1ccccc1)c1ccccc1. The Bertz CT molecular complexity index is 6770. The monoisotopic (exact) mass is 1790 g/mol. The zero-order valence-corrected chi connectivity index (χ0v) is 74.8. The van der Waals surface area contributed by atoms with E-state index in [1.54, 1.807) is 99.9 Å². The van der Waals surface area contributed by atoms with Crippen LogP contribution in [-0.4, -0.2) is 47.3 Å². The highest BCUT2D eigenvalue weighted by Gasteiger charge is 2.34. The summed E-state index contributed by atoms with van der Waals surface area (Å²) >= 11 is 0. The number of benzene rings is 19. The fourth-order valence-electron chi connectivity index (χ4n) is 16.1. The second kappa shape index (κ2) is 44.2. The molecule has 0 aromatic heterocycles. The van der Waals surface area contributed by atoms with Gasteiger partial charge in [-0.2, -0.15) is 0 Å². The number of rotatable bonds is 24. The van der Waals surface area contributed by atoms with Gasteiger partial charge in [0.2, 0.25) is 0 Å². The second-order valence-corrected chi connectivity index (χ2v) is 31.6. The zero-order valence-electron chi connectivity index (χ0n) is 74.8. The normalized spacial score (nSPS) is 10.6. The summed E-state index contributed by atoms with van der Waals surface area (Å²) in [7, 11) is 0. The molecular formula is C122H90N8O8. The molecule has 0 fully saturated rings. The number of carbonyl (C=O) groups excluding carboxylic acids is 8. The van der Waals surface area contributed by atoms with Crippen LogP contribution < -0.4 is 39.2 Å². The molecule has 0 N–H and O–H groups in total. The summed E-state index contributed by atoms with van der Waals surface area (Å²) in [6.45, 7) is 0. The number of hydrogen-bond acceptors (Lipinski definition) is 8. The van der Waals surface area contributed by atoms with Gasteiger partial charge in [0.15, 0.2) is 0 Å². The molecule has 0 aliphatic carbocycles.